The molecule has 3 aromatic rings. The number of rotatable bonds is 7. The maximum atomic E-state index is 14.1. The number of aliphatic carboxylic acids is 1. The van der Waals surface area contributed by atoms with Gasteiger partial charge in [0.05, 0.1) is 5.56 Å². The molecular weight excluding hydrogens is 393 g/mol. The third-order valence-corrected chi connectivity index (χ3v) is 3.58. The summed E-state index contributed by atoms with van der Waals surface area (Å²) in [5, 5.41) is 12.6. The summed E-state index contributed by atoms with van der Waals surface area (Å²) in [4.78, 5) is 18.7. The number of benzene rings is 1. The Morgan fingerprint density at radius 1 is 1.32 bits per heavy atom. The van der Waals surface area contributed by atoms with Gasteiger partial charge >= 0.3 is 5.97 Å². The molecule has 2 aromatic heterocycles. The number of pyridine rings is 1. The Balaban J connectivity index is 1.80. The van der Waals surface area contributed by atoms with Crippen LogP contribution in [0.2, 0.25) is 5.02 Å². The van der Waals surface area contributed by atoms with E-state index in [1.807, 2.05) is 0 Å². The molecule has 28 heavy (non-hydrogen) atoms. The second kappa shape index (κ2) is 8.37. The highest BCUT2D eigenvalue weighted by Crippen LogP contribution is 2.29. The molecule has 142 valence electrons. The van der Waals surface area contributed by atoms with Gasteiger partial charge in [-0.3, -0.25) is 0 Å². The summed E-state index contributed by atoms with van der Waals surface area (Å²) in [7, 11) is 0. The molecule has 0 fully saturated rings. The summed E-state index contributed by atoms with van der Waals surface area (Å²) in [6.45, 7) is -0.633. The van der Waals surface area contributed by atoms with Crippen LogP contribution in [0, 0.1) is 18.2 Å². The van der Waals surface area contributed by atoms with Crippen LogP contribution >= 0.6 is 11.6 Å². The quantitative estimate of drug-likeness (QED) is 0.600. The minimum absolute atomic E-state index is 0.0223. The predicted octanol–water partition coefficient (Wildman–Crippen LogP) is 3.07. The molecule has 10 heteroatoms. The van der Waals surface area contributed by atoms with Crippen molar-refractivity contribution >= 4 is 17.6 Å². The van der Waals surface area contributed by atoms with E-state index in [1.165, 1.54) is 24.4 Å². The summed E-state index contributed by atoms with van der Waals surface area (Å²) in [5.41, 5.74) is 0.738. The van der Waals surface area contributed by atoms with Gasteiger partial charge in [-0.1, -0.05) is 22.7 Å². The van der Waals surface area contributed by atoms with Gasteiger partial charge in [0.1, 0.15) is 5.02 Å². The molecule has 0 saturated carbocycles. The van der Waals surface area contributed by atoms with E-state index in [9.17, 15) is 9.18 Å². The van der Waals surface area contributed by atoms with Crippen molar-refractivity contribution in [1.82, 2.24) is 15.1 Å². The van der Waals surface area contributed by atoms with Crippen LogP contribution in [0.15, 0.2) is 35.0 Å². The van der Waals surface area contributed by atoms with E-state index in [-0.39, 0.29) is 35.0 Å². The number of hydrogen-bond acceptors (Lipinski definition) is 7. The van der Waals surface area contributed by atoms with Gasteiger partial charge in [-0.2, -0.15) is 4.98 Å². The Kier molecular flexibility index (Phi) is 5.72. The van der Waals surface area contributed by atoms with E-state index in [1.54, 1.807) is 0 Å². The molecular formula is C18H11ClFN3O5. The van der Waals surface area contributed by atoms with Gasteiger partial charge in [-0.05, 0) is 24.3 Å². The zero-order valence-corrected chi connectivity index (χ0v) is 14.8. The molecule has 0 amide bonds. The van der Waals surface area contributed by atoms with Gasteiger partial charge in [0, 0.05) is 11.8 Å². The van der Waals surface area contributed by atoms with Gasteiger partial charge < -0.3 is 19.1 Å². The third kappa shape index (κ3) is 4.36. The van der Waals surface area contributed by atoms with E-state index < -0.39 is 18.4 Å². The normalized spacial score (nSPS) is 10.3. The lowest BCUT2D eigenvalue weighted by Crippen LogP contribution is -2.10. The monoisotopic (exact) mass is 403 g/mol. The topological polar surface area (TPSA) is 108 Å². The summed E-state index contributed by atoms with van der Waals surface area (Å²) in [6.07, 6.45) is 6.53. The van der Waals surface area contributed by atoms with Crippen LogP contribution in [0.5, 0.6) is 11.6 Å². The Morgan fingerprint density at radius 3 is 2.82 bits per heavy atom. The fraction of sp³-hybridized carbons (Fsp3) is 0.111. The highest BCUT2D eigenvalue weighted by Gasteiger charge is 2.15. The van der Waals surface area contributed by atoms with Crippen molar-refractivity contribution in [3.8, 4) is 46.8 Å². The van der Waals surface area contributed by atoms with Crippen LogP contribution < -0.4 is 9.47 Å². The molecule has 8 nitrogen and oxygen atoms in total. The zero-order valence-electron chi connectivity index (χ0n) is 14.1. The Morgan fingerprint density at radius 2 is 2.14 bits per heavy atom. The molecule has 0 saturated heterocycles. The van der Waals surface area contributed by atoms with Crippen molar-refractivity contribution in [3.05, 3.63) is 41.3 Å². The summed E-state index contributed by atoms with van der Waals surface area (Å²) in [5.74, 6) is 0.522. The van der Waals surface area contributed by atoms with Crippen LogP contribution in [0.1, 0.15) is 0 Å². The standard InChI is InChI=1S/C18H11ClFN3O5/c1-2-5-26-18-12(19)6-11(8-21-18)17-22-16(23-28-17)10-3-4-14(13(20)7-10)27-9-15(24)25/h1,3-4,6-8H,5,9H2,(H,24,25). The number of terminal acetylenes is 1. The highest BCUT2D eigenvalue weighted by molar-refractivity contribution is 6.32. The lowest BCUT2D eigenvalue weighted by Gasteiger charge is -2.05. The number of halogens is 2. The van der Waals surface area contributed by atoms with Crippen molar-refractivity contribution in [1.29, 1.82) is 0 Å². The largest absolute Gasteiger partial charge is 0.479 e. The van der Waals surface area contributed by atoms with E-state index in [2.05, 4.69) is 21.0 Å². The van der Waals surface area contributed by atoms with Crippen LogP contribution in [0.25, 0.3) is 22.8 Å². The Labute approximate surface area is 162 Å². The van der Waals surface area contributed by atoms with Crippen molar-refractivity contribution in [2.75, 3.05) is 13.2 Å². The minimum atomic E-state index is -1.21. The minimum Gasteiger partial charge on any atom is -0.479 e. The van der Waals surface area contributed by atoms with Gasteiger partial charge in [0.25, 0.3) is 5.89 Å². The number of aromatic nitrogens is 3. The fourth-order valence-electron chi connectivity index (χ4n) is 2.11. The maximum Gasteiger partial charge on any atom is 0.341 e. The number of carboxylic acid groups (broad SMARTS) is 1. The fourth-order valence-corrected chi connectivity index (χ4v) is 2.33. The summed E-state index contributed by atoms with van der Waals surface area (Å²) < 4.78 is 29.2. The van der Waals surface area contributed by atoms with Crippen molar-refractivity contribution < 1.29 is 28.3 Å². The van der Waals surface area contributed by atoms with Crippen molar-refractivity contribution in [2.24, 2.45) is 0 Å². The molecule has 2 heterocycles. The van der Waals surface area contributed by atoms with E-state index in [4.69, 9.17) is 37.1 Å². The average molecular weight is 404 g/mol. The van der Waals surface area contributed by atoms with Crippen molar-refractivity contribution in [3.63, 3.8) is 0 Å². The molecule has 0 aliphatic carbocycles. The molecule has 1 aromatic carbocycles. The molecule has 0 radical (unpaired) electrons. The molecule has 0 atom stereocenters. The second-order valence-corrected chi connectivity index (χ2v) is 5.66. The first-order valence-corrected chi connectivity index (χ1v) is 8.06. The number of carboxylic acids is 1. The van der Waals surface area contributed by atoms with Gasteiger partial charge in [-0.25, -0.2) is 14.2 Å². The Hall–Kier alpha value is -3.64. The lowest BCUT2D eigenvalue weighted by atomic mass is 10.2. The highest BCUT2D eigenvalue weighted by atomic mass is 35.5. The zero-order chi connectivity index (χ0) is 20.1. The summed E-state index contributed by atoms with van der Waals surface area (Å²) >= 11 is 6.08. The Bertz CT molecular complexity index is 1060. The van der Waals surface area contributed by atoms with E-state index in [0.717, 1.165) is 6.07 Å². The smallest absolute Gasteiger partial charge is 0.341 e. The van der Waals surface area contributed by atoms with Crippen LogP contribution in [-0.2, 0) is 4.79 Å². The molecule has 0 aliphatic heterocycles. The lowest BCUT2D eigenvalue weighted by molar-refractivity contribution is -0.139. The van der Waals surface area contributed by atoms with E-state index >= 15 is 0 Å². The number of hydrogen-bond donors (Lipinski definition) is 1. The third-order valence-electron chi connectivity index (χ3n) is 3.31. The first-order valence-electron chi connectivity index (χ1n) is 7.68. The molecule has 0 aliphatic rings. The van der Waals surface area contributed by atoms with Crippen LogP contribution in [0.4, 0.5) is 4.39 Å². The SMILES string of the molecule is C#CCOc1ncc(-c2nc(-c3ccc(OCC(=O)O)c(F)c3)no2)cc1Cl. The number of nitrogens with zero attached hydrogens (tertiary/aromatic N) is 3. The molecule has 0 bridgehead atoms. The average Bonchev–Trinajstić information content (AvgIpc) is 3.16. The van der Waals surface area contributed by atoms with E-state index in [0.29, 0.717) is 11.1 Å². The first kappa shape index (κ1) is 19.1. The maximum absolute atomic E-state index is 14.1. The molecule has 0 spiro atoms. The van der Waals surface area contributed by atoms with Crippen molar-refractivity contribution in [2.45, 2.75) is 0 Å². The van der Waals surface area contributed by atoms with Gasteiger partial charge in [-0.15, -0.1) is 6.42 Å². The second-order valence-electron chi connectivity index (χ2n) is 5.25. The summed E-state index contributed by atoms with van der Waals surface area (Å²) in [6, 6.07) is 5.37. The van der Waals surface area contributed by atoms with Gasteiger partial charge in [0.2, 0.25) is 11.7 Å². The number of ether oxygens (including phenoxy) is 2. The van der Waals surface area contributed by atoms with Gasteiger partial charge in [0.15, 0.2) is 24.8 Å². The molecule has 3 rings (SSSR count). The predicted molar refractivity (Wildman–Crippen MR) is 95.4 cm³/mol. The molecule has 0 unspecified atom stereocenters. The first-order chi connectivity index (χ1) is 13.5. The van der Waals surface area contributed by atoms with Crippen LogP contribution in [0.3, 0.4) is 0 Å². The molecule has 1 N–H and O–H groups in total. The number of carbonyl (C=O) groups is 1. The van der Waals surface area contributed by atoms with Crippen LogP contribution in [-0.4, -0.2) is 39.4 Å².